The van der Waals surface area contributed by atoms with E-state index in [-0.39, 0.29) is 22.8 Å². The molecule has 0 fully saturated rings. The van der Waals surface area contributed by atoms with Crippen LogP contribution < -0.4 is 4.90 Å². The fourth-order valence-electron chi connectivity index (χ4n) is 3.81. The molecule has 0 aliphatic carbocycles. The van der Waals surface area contributed by atoms with E-state index in [0.29, 0.717) is 17.5 Å². The molecule has 0 saturated heterocycles. The fourth-order valence-corrected chi connectivity index (χ4v) is 5.03. The molecule has 3 rings (SSSR count). The van der Waals surface area contributed by atoms with Crippen LogP contribution in [0.25, 0.3) is 0 Å². The lowest BCUT2D eigenvalue weighted by Gasteiger charge is -2.18. The maximum absolute atomic E-state index is 9.78. The number of nitriles is 2. The van der Waals surface area contributed by atoms with E-state index < -0.39 is 0 Å². The predicted octanol–water partition coefficient (Wildman–Crippen LogP) is 7.20. The second-order valence-electron chi connectivity index (χ2n) is 9.74. The number of imidazole rings is 1. The van der Waals surface area contributed by atoms with Crippen molar-refractivity contribution in [3.05, 3.63) is 52.5 Å². The van der Waals surface area contributed by atoms with Crippen molar-refractivity contribution in [3.8, 4) is 12.1 Å². The third kappa shape index (κ3) is 5.80. The monoisotopic (exact) mass is 502 g/mol. The summed E-state index contributed by atoms with van der Waals surface area (Å²) >= 11 is 1.49. The van der Waals surface area contributed by atoms with E-state index in [1.165, 1.54) is 16.9 Å². The highest BCUT2D eigenvalue weighted by Crippen LogP contribution is 2.40. The molecule has 0 N–H and O–H groups in total. The minimum atomic E-state index is -0.224. The van der Waals surface area contributed by atoms with Gasteiger partial charge in [-0.1, -0.05) is 70.2 Å². The lowest BCUT2D eigenvalue weighted by molar-refractivity contribution is 0.573. The molecule has 8 nitrogen and oxygen atoms in total. The van der Waals surface area contributed by atoms with Gasteiger partial charge in [-0.15, -0.1) is 10.2 Å². The van der Waals surface area contributed by atoms with Crippen LogP contribution in [0.3, 0.4) is 0 Å². The number of hydrogen-bond acceptors (Lipinski definition) is 8. The van der Waals surface area contributed by atoms with Crippen LogP contribution in [0.5, 0.6) is 0 Å². The van der Waals surface area contributed by atoms with Crippen molar-refractivity contribution in [3.63, 3.8) is 0 Å². The Morgan fingerprint density at radius 1 is 1.03 bits per heavy atom. The summed E-state index contributed by atoms with van der Waals surface area (Å²) in [6, 6.07) is 12.5. The van der Waals surface area contributed by atoms with Crippen molar-refractivity contribution in [1.82, 2.24) is 14.5 Å². The lowest BCUT2D eigenvalue weighted by atomic mass is 9.93. The molecule has 0 saturated carbocycles. The second kappa shape index (κ2) is 11.5. The Morgan fingerprint density at radius 2 is 1.69 bits per heavy atom. The van der Waals surface area contributed by atoms with Gasteiger partial charge in [-0.3, -0.25) is 4.57 Å². The van der Waals surface area contributed by atoms with Gasteiger partial charge in [0.15, 0.2) is 21.5 Å². The molecule has 188 valence electrons. The second-order valence-corrected chi connectivity index (χ2v) is 10.7. The molecule has 0 spiro atoms. The molecule has 3 aromatic rings. The summed E-state index contributed by atoms with van der Waals surface area (Å²) in [5, 5.41) is 29.9. The predicted molar refractivity (Wildman–Crippen MR) is 144 cm³/mol. The number of rotatable bonds is 9. The number of nitrogens with zero attached hydrogens (tertiary/aromatic N) is 8. The van der Waals surface area contributed by atoms with Crippen LogP contribution in [-0.4, -0.2) is 27.6 Å². The van der Waals surface area contributed by atoms with E-state index in [1.54, 1.807) is 4.57 Å². The number of anilines is 1. The first-order valence-corrected chi connectivity index (χ1v) is 13.2. The van der Waals surface area contributed by atoms with Gasteiger partial charge in [0, 0.05) is 18.5 Å². The van der Waals surface area contributed by atoms with Gasteiger partial charge >= 0.3 is 0 Å². The third-order valence-electron chi connectivity index (χ3n) is 6.23. The maximum Gasteiger partial charge on any atom is 0.252 e. The number of aromatic nitrogens is 3. The third-order valence-corrected chi connectivity index (χ3v) is 7.23. The highest BCUT2D eigenvalue weighted by Gasteiger charge is 2.25. The molecule has 1 atom stereocenters. The van der Waals surface area contributed by atoms with Crippen LogP contribution in [0.4, 0.5) is 16.1 Å². The average molecular weight is 503 g/mol. The van der Waals surface area contributed by atoms with E-state index in [0.717, 1.165) is 35.9 Å². The minimum absolute atomic E-state index is 0.0480. The molecule has 36 heavy (non-hydrogen) atoms. The first-order chi connectivity index (χ1) is 17.2. The fraction of sp³-hybridized carbons (Fsp3) is 0.481. The number of thiazole rings is 1. The molecular weight excluding hydrogens is 468 g/mol. The molecule has 0 aliphatic heterocycles. The summed E-state index contributed by atoms with van der Waals surface area (Å²) in [6.07, 6.45) is 1.07. The summed E-state index contributed by atoms with van der Waals surface area (Å²) in [7, 11) is 0. The zero-order valence-electron chi connectivity index (χ0n) is 22.2. The molecule has 2 heterocycles. The van der Waals surface area contributed by atoms with Crippen LogP contribution >= 0.6 is 11.3 Å². The molecule has 1 unspecified atom stereocenters. The normalized spacial score (nSPS) is 12.5. The van der Waals surface area contributed by atoms with Crippen LogP contribution in [0.15, 0.2) is 34.5 Å². The van der Waals surface area contributed by atoms with E-state index >= 15 is 0 Å². The minimum Gasteiger partial charge on any atom is -0.349 e. The largest absolute Gasteiger partial charge is 0.349 e. The first kappa shape index (κ1) is 27.0. The zero-order chi connectivity index (χ0) is 26.5. The molecular formula is C27H34N8S. The summed E-state index contributed by atoms with van der Waals surface area (Å²) in [6.45, 7) is 16.9. The van der Waals surface area contributed by atoms with Crippen LogP contribution in [0, 0.1) is 22.7 Å². The summed E-state index contributed by atoms with van der Waals surface area (Å²) in [5.74, 6) is 0.709. The van der Waals surface area contributed by atoms with Gasteiger partial charge in [0.1, 0.15) is 12.1 Å². The van der Waals surface area contributed by atoms with E-state index in [1.807, 2.05) is 18.2 Å². The smallest absolute Gasteiger partial charge is 0.252 e. The van der Waals surface area contributed by atoms with Gasteiger partial charge in [-0.2, -0.15) is 15.5 Å². The van der Waals surface area contributed by atoms with E-state index in [2.05, 4.69) is 86.8 Å². The Morgan fingerprint density at radius 3 is 2.22 bits per heavy atom. The lowest BCUT2D eigenvalue weighted by Crippen LogP contribution is -2.22. The first-order valence-electron chi connectivity index (χ1n) is 12.3. The highest BCUT2D eigenvalue weighted by atomic mass is 32.1. The van der Waals surface area contributed by atoms with Crippen molar-refractivity contribution >= 4 is 27.4 Å². The van der Waals surface area contributed by atoms with Crippen molar-refractivity contribution < 1.29 is 0 Å². The van der Waals surface area contributed by atoms with Crippen molar-refractivity contribution in [2.45, 2.75) is 72.8 Å². The van der Waals surface area contributed by atoms with Gasteiger partial charge in [0.2, 0.25) is 0 Å². The molecule has 0 aliphatic rings. The zero-order valence-corrected chi connectivity index (χ0v) is 23.0. The van der Waals surface area contributed by atoms with Crippen molar-refractivity contribution in [2.24, 2.45) is 10.2 Å². The Balaban J connectivity index is 2.03. The Hall–Kier alpha value is -3.56. The standard InChI is InChI=1S/C27H34N8S/c1-8-18(4)20-13-11-19(12-14-20)17-35-22(16-29)21(15-28)30-25(35)33-32-24-23(27(5,6)7)31-26(36-24)34(9-2)10-3/h11-14,18H,8-10,17H2,1-7H3. The number of azo groups is 1. The molecule has 0 radical (unpaired) electrons. The Kier molecular flexibility index (Phi) is 8.60. The average Bonchev–Trinajstić information content (AvgIpc) is 3.44. The number of hydrogen-bond donors (Lipinski definition) is 0. The van der Waals surface area contributed by atoms with Crippen LogP contribution in [-0.2, 0) is 12.0 Å². The van der Waals surface area contributed by atoms with Crippen LogP contribution in [0.1, 0.15) is 89.0 Å². The molecule has 9 heteroatoms. The molecule has 2 aromatic heterocycles. The van der Waals surface area contributed by atoms with Gasteiger partial charge in [-0.25, -0.2) is 4.98 Å². The summed E-state index contributed by atoms with van der Waals surface area (Å²) in [4.78, 5) is 11.4. The molecule has 0 amide bonds. The van der Waals surface area contributed by atoms with Crippen molar-refractivity contribution in [1.29, 1.82) is 10.5 Å². The Bertz CT molecular complexity index is 1290. The molecule has 0 bridgehead atoms. The van der Waals surface area contributed by atoms with Gasteiger partial charge < -0.3 is 4.90 Å². The van der Waals surface area contributed by atoms with E-state index in [4.69, 9.17) is 4.98 Å². The van der Waals surface area contributed by atoms with E-state index in [9.17, 15) is 10.5 Å². The van der Waals surface area contributed by atoms with Gasteiger partial charge in [-0.05, 0) is 37.3 Å². The van der Waals surface area contributed by atoms with Crippen LogP contribution in [0.2, 0.25) is 0 Å². The van der Waals surface area contributed by atoms with Gasteiger partial charge in [0.05, 0.1) is 12.2 Å². The Labute approximate surface area is 218 Å². The number of benzene rings is 1. The maximum atomic E-state index is 9.78. The highest BCUT2D eigenvalue weighted by molar-refractivity contribution is 7.19. The SMILES string of the molecule is CCC(C)c1ccc(Cn2c(N=Nc3sc(N(CC)CC)nc3C(C)(C)C)nc(C#N)c2C#N)cc1. The van der Waals surface area contributed by atoms with Gasteiger partial charge in [0.25, 0.3) is 5.95 Å². The quantitative estimate of drug-likeness (QED) is 0.287. The summed E-state index contributed by atoms with van der Waals surface area (Å²) in [5.41, 5.74) is 3.13. The molecule has 1 aromatic carbocycles. The summed E-state index contributed by atoms with van der Waals surface area (Å²) < 4.78 is 1.66. The topological polar surface area (TPSA) is 106 Å². The van der Waals surface area contributed by atoms with Crippen molar-refractivity contribution in [2.75, 3.05) is 18.0 Å².